The standard InChI is InChI=1S/C47H31N3/c1-4-14-32(15-5-1)38-28-39(33-16-6-2-7-17-33)30-40(29-38)34-24-26-36(27-25-34)46-48-45(35-18-8-3-9-19-35)49-47(50-46)44-31-37-20-10-11-21-41(37)42-22-12-13-23-43(42)44/h1-31H. The molecule has 234 valence electrons. The zero-order valence-corrected chi connectivity index (χ0v) is 27.2. The van der Waals surface area contributed by atoms with Gasteiger partial charge in [0.05, 0.1) is 0 Å². The van der Waals surface area contributed by atoms with Gasteiger partial charge in [-0.05, 0) is 79.2 Å². The first-order chi connectivity index (χ1) is 24.8. The van der Waals surface area contributed by atoms with Crippen molar-refractivity contribution in [3.63, 3.8) is 0 Å². The third-order valence-electron chi connectivity index (χ3n) is 9.30. The quantitative estimate of drug-likeness (QED) is 0.170. The van der Waals surface area contributed by atoms with Crippen LogP contribution in [0.25, 0.3) is 89.1 Å². The number of hydrogen-bond acceptors (Lipinski definition) is 3. The highest BCUT2D eigenvalue weighted by Crippen LogP contribution is 2.36. The molecule has 9 rings (SSSR count). The molecule has 1 aromatic heterocycles. The SMILES string of the molecule is c1ccc(-c2cc(-c3ccccc3)cc(-c3ccc(-c4nc(-c5ccccc5)nc(-c5cc6ccccc6c6ccccc56)n4)cc3)c2)cc1. The zero-order valence-electron chi connectivity index (χ0n) is 27.2. The van der Waals surface area contributed by atoms with Crippen LogP contribution in [0.1, 0.15) is 0 Å². The fourth-order valence-electron chi connectivity index (χ4n) is 6.78. The lowest BCUT2D eigenvalue weighted by Crippen LogP contribution is -2.00. The molecule has 0 aliphatic heterocycles. The average Bonchev–Trinajstić information content (AvgIpc) is 3.21. The number of fused-ring (bicyclic) bond motifs is 3. The summed E-state index contributed by atoms with van der Waals surface area (Å²) in [6.07, 6.45) is 0. The van der Waals surface area contributed by atoms with Gasteiger partial charge in [0.1, 0.15) is 0 Å². The van der Waals surface area contributed by atoms with Gasteiger partial charge in [0, 0.05) is 16.7 Å². The average molecular weight is 638 g/mol. The Balaban J connectivity index is 1.18. The van der Waals surface area contributed by atoms with Gasteiger partial charge in [-0.25, -0.2) is 15.0 Å². The molecule has 0 spiro atoms. The van der Waals surface area contributed by atoms with Gasteiger partial charge < -0.3 is 0 Å². The molecular formula is C47H31N3. The molecule has 0 aliphatic rings. The van der Waals surface area contributed by atoms with Gasteiger partial charge in [-0.15, -0.1) is 0 Å². The Bertz CT molecular complexity index is 2560. The van der Waals surface area contributed by atoms with Crippen molar-refractivity contribution >= 4 is 21.5 Å². The summed E-state index contributed by atoms with van der Waals surface area (Å²) in [5.74, 6) is 1.94. The van der Waals surface area contributed by atoms with E-state index in [9.17, 15) is 0 Å². The predicted molar refractivity (Wildman–Crippen MR) is 207 cm³/mol. The molecule has 0 saturated carbocycles. The lowest BCUT2D eigenvalue weighted by Gasteiger charge is -2.13. The van der Waals surface area contributed by atoms with Crippen molar-refractivity contribution in [3.05, 3.63) is 188 Å². The fraction of sp³-hybridized carbons (Fsp3) is 0. The summed E-state index contributed by atoms with van der Waals surface area (Å²) >= 11 is 0. The Morgan fingerprint density at radius 1 is 0.240 bits per heavy atom. The van der Waals surface area contributed by atoms with Gasteiger partial charge >= 0.3 is 0 Å². The molecule has 0 amide bonds. The van der Waals surface area contributed by atoms with Crippen molar-refractivity contribution < 1.29 is 0 Å². The molecule has 3 nitrogen and oxygen atoms in total. The van der Waals surface area contributed by atoms with E-state index in [1.54, 1.807) is 0 Å². The molecule has 0 saturated heterocycles. The summed E-state index contributed by atoms with van der Waals surface area (Å²) in [7, 11) is 0. The number of nitrogens with zero attached hydrogens (tertiary/aromatic N) is 3. The normalized spacial score (nSPS) is 11.2. The molecule has 0 radical (unpaired) electrons. The highest BCUT2D eigenvalue weighted by molar-refractivity contribution is 6.13. The number of rotatable bonds is 6. The lowest BCUT2D eigenvalue weighted by atomic mass is 9.93. The molecule has 9 aromatic rings. The Labute approximate surface area is 291 Å². The highest BCUT2D eigenvalue weighted by atomic mass is 15.0. The fourth-order valence-corrected chi connectivity index (χ4v) is 6.78. The molecule has 0 unspecified atom stereocenters. The van der Waals surface area contributed by atoms with Crippen LogP contribution in [0, 0.1) is 0 Å². The van der Waals surface area contributed by atoms with Crippen LogP contribution in [0.15, 0.2) is 188 Å². The number of benzene rings is 8. The van der Waals surface area contributed by atoms with Crippen molar-refractivity contribution in [2.45, 2.75) is 0 Å². The first kappa shape index (κ1) is 29.4. The van der Waals surface area contributed by atoms with Crippen molar-refractivity contribution in [1.29, 1.82) is 0 Å². The van der Waals surface area contributed by atoms with E-state index in [0.717, 1.165) is 38.6 Å². The number of hydrogen-bond donors (Lipinski definition) is 0. The van der Waals surface area contributed by atoms with Crippen LogP contribution in [0.5, 0.6) is 0 Å². The van der Waals surface area contributed by atoms with E-state index < -0.39 is 0 Å². The van der Waals surface area contributed by atoms with Crippen molar-refractivity contribution in [1.82, 2.24) is 15.0 Å². The van der Waals surface area contributed by atoms with Gasteiger partial charge in [-0.1, -0.05) is 164 Å². The largest absolute Gasteiger partial charge is 0.208 e. The Morgan fingerprint density at radius 2 is 0.620 bits per heavy atom. The first-order valence-electron chi connectivity index (χ1n) is 16.9. The minimum absolute atomic E-state index is 0.639. The minimum Gasteiger partial charge on any atom is -0.208 e. The molecule has 50 heavy (non-hydrogen) atoms. The second-order valence-corrected chi connectivity index (χ2v) is 12.5. The topological polar surface area (TPSA) is 38.7 Å². The Morgan fingerprint density at radius 3 is 1.18 bits per heavy atom. The molecule has 0 aliphatic carbocycles. The van der Waals surface area contributed by atoms with Crippen LogP contribution < -0.4 is 0 Å². The second-order valence-electron chi connectivity index (χ2n) is 12.5. The van der Waals surface area contributed by atoms with Crippen LogP contribution in [0.3, 0.4) is 0 Å². The van der Waals surface area contributed by atoms with E-state index in [0.29, 0.717) is 17.5 Å². The van der Waals surface area contributed by atoms with Gasteiger partial charge in [0.2, 0.25) is 0 Å². The Hall–Kier alpha value is -6.71. The maximum Gasteiger partial charge on any atom is 0.164 e. The van der Waals surface area contributed by atoms with Crippen LogP contribution in [-0.2, 0) is 0 Å². The molecule has 0 atom stereocenters. The summed E-state index contributed by atoms with van der Waals surface area (Å²) in [4.78, 5) is 15.2. The van der Waals surface area contributed by atoms with Gasteiger partial charge in [0.25, 0.3) is 0 Å². The molecule has 1 heterocycles. The van der Waals surface area contributed by atoms with E-state index in [-0.39, 0.29) is 0 Å². The maximum absolute atomic E-state index is 5.14. The van der Waals surface area contributed by atoms with Crippen molar-refractivity contribution in [2.75, 3.05) is 0 Å². The van der Waals surface area contributed by atoms with Crippen molar-refractivity contribution in [3.8, 4) is 67.5 Å². The molecule has 0 fully saturated rings. The summed E-state index contributed by atoms with van der Waals surface area (Å²) in [5.41, 5.74) is 9.90. The molecule has 8 aromatic carbocycles. The molecular weight excluding hydrogens is 607 g/mol. The maximum atomic E-state index is 5.14. The summed E-state index contributed by atoms with van der Waals surface area (Å²) < 4.78 is 0. The predicted octanol–water partition coefficient (Wildman–Crippen LogP) is 12.2. The van der Waals surface area contributed by atoms with Gasteiger partial charge in [-0.3, -0.25) is 0 Å². The van der Waals surface area contributed by atoms with Gasteiger partial charge in [0.15, 0.2) is 17.5 Å². The van der Waals surface area contributed by atoms with Crippen LogP contribution in [0.4, 0.5) is 0 Å². The van der Waals surface area contributed by atoms with E-state index in [2.05, 4.69) is 170 Å². The third-order valence-corrected chi connectivity index (χ3v) is 9.30. The summed E-state index contributed by atoms with van der Waals surface area (Å²) in [6.45, 7) is 0. The van der Waals surface area contributed by atoms with E-state index in [4.69, 9.17) is 15.0 Å². The number of aromatic nitrogens is 3. The van der Waals surface area contributed by atoms with Crippen LogP contribution in [-0.4, -0.2) is 15.0 Å². The smallest absolute Gasteiger partial charge is 0.164 e. The first-order valence-corrected chi connectivity index (χ1v) is 16.9. The molecule has 0 bridgehead atoms. The van der Waals surface area contributed by atoms with Gasteiger partial charge in [-0.2, -0.15) is 0 Å². The Kier molecular flexibility index (Phi) is 7.49. The third kappa shape index (κ3) is 5.61. The monoisotopic (exact) mass is 637 g/mol. The minimum atomic E-state index is 0.639. The van der Waals surface area contributed by atoms with Crippen molar-refractivity contribution in [2.24, 2.45) is 0 Å². The van der Waals surface area contributed by atoms with Crippen LogP contribution >= 0.6 is 0 Å². The van der Waals surface area contributed by atoms with E-state index >= 15 is 0 Å². The summed E-state index contributed by atoms with van der Waals surface area (Å²) in [5, 5.41) is 4.67. The molecule has 0 N–H and O–H groups in total. The summed E-state index contributed by atoms with van der Waals surface area (Å²) in [6, 6.07) is 65.9. The molecule has 3 heteroatoms. The second kappa shape index (κ2) is 12.7. The lowest BCUT2D eigenvalue weighted by molar-refractivity contribution is 1.08. The van der Waals surface area contributed by atoms with Crippen LogP contribution in [0.2, 0.25) is 0 Å². The van der Waals surface area contributed by atoms with E-state index in [1.165, 1.54) is 33.0 Å². The highest BCUT2D eigenvalue weighted by Gasteiger charge is 2.16. The van der Waals surface area contributed by atoms with E-state index in [1.807, 2.05) is 18.2 Å². The zero-order chi connectivity index (χ0) is 33.3.